The molecule has 1 atom stereocenters. The van der Waals surface area contributed by atoms with Crippen LogP contribution in [-0.2, 0) is 4.74 Å². The van der Waals surface area contributed by atoms with Gasteiger partial charge in [-0.1, -0.05) is 0 Å². The minimum atomic E-state index is -0.471. The second-order valence-corrected chi connectivity index (χ2v) is 6.72. The third kappa shape index (κ3) is 3.53. The van der Waals surface area contributed by atoms with Crippen LogP contribution in [0.1, 0.15) is 47.8 Å². The first-order valence-electron chi connectivity index (χ1n) is 6.28. The first-order chi connectivity index (χ1) is 8.89. The van der Waals surface area contributed by atoms with Crippen LogP contribution in [0.2, 0.25) is 0 Å². The Bertz CT molecular complexity index is 478. The average Bonchev–Trinajstić information content (AvgIpc) is 2.95. The van der Waals surface area contributed by atoms with Gasteiger partial charge < -0.3 is 9.64 Å². The molecule has 1 aliphatic heterocycles. The van der Waals surface area contributed by atoms with E-state index in [0.29, 0.717) is 18.0 Å². The van der Waals surface area contributed by atoms with Gasteiger partial charge >= 0.3 is 6.09 Å². The van der Waals surface area contributed by atoms with Gasteiger partial charge in [-0.05, 0) is 27.2 Å². The van der Waals surface area contributed by atoms with E-state index in [-0.39, 0.29) is 12.0 Å². The zero-order valence-electron chi connectivity index (χ0n) is 11.4. The highest BCUT2D eigenvalue weighted by molar-refractivity contribution is 7.13. The molecule has 0 bridgehead atoms. The number of amides is 1. The molecule has 1 aliphatic rings. The number of aldehydes is 1. The molecule has 0 N–H and O–H groups in total. The molecule has 0 aromatic carbocycles. The van der Waals surface area contributed by atoms with E-state index < -0.39 is 5.60 Å². The molecule has 1 fully saturated rings. The van der Waals surface area contributed by atoms with Crippen LogP contribution in [-0.4, -0.2) is 41.0 Å². The Morgan fingerprint density at radius 2 is 2.32 bits per heavy atom. The molecule has 1 aromatic heterocycles. The van der Waals surface area contributed by atoms with Gasteiger partial charge in [-0.15, -0.1) is 11.3 Å². The van der Waals surface area contributed by atoms with E-state index in [1.807, 2.05) is 20.8 Å². The molecule has 6 heteroatoms. The lowest BCUT2D eigenvalue weighted by atomic mass is 10.1. The molecule has 0 spiro atoms. The lowest BCUT2D eigenvalue weighted by Crippen LogP contribution is -2.35. The maximum Gasteiger partial charge on any atom is 0.410 e. The van der Waals surface area contributed by atoms with Crippen molar-refractivity contribution in [2.75, 3.05) is 13.1 Å². The highest BCUT2D eigenvalue weighted by Crippen LogP contribution is 2.30. The monoisotopic (exact) mass is 282 g/mol. The maximum absolute atomic E-state index is 11.9. The van der Waals surface area contributed by atoms with Gasteiger partial charge in [0.1, 0.15) is 5.60 Å². The van der Waals surface area contributed by atoms with Gasteiger partial charge in [-0.2, -0.15) is 0 Å². The highest BCUT2D eigenvalue weighted by atomic mass is 32.1. The molecule has 1 unspecified atom stereocenters. The smallest absolute Gasteiger partial charge is 0.410 e. The Labute approximate surface area is 116 Å². The Balaban J connectivity index is 1.96. The van der Waals surface area contributed by atoms with E-state index >= 15 is 0 Å². The third-order valence-corrected chi connectivity index (χ3v) is 3.93. The average molecular weight is 282 g/mol. The number of rotatable bonds is 2. The first kappa shape index (κ1) is 14.0. The van der Waals surface area contributed by atoms with Crippen LogP contribution in [0.3, 0.4) is 0 Å². The SMILES string of the molecule is CC(C)(C)OC(=O)N1CCC(c2ncc(C=O)s2)C1. The summed E-state index contributed by atoms with van der Waals surface area (Å²) in [6.45, 7) is 6.86. The number of nitrogens with zero attached hydrogens (tertiary/aromatic N) is 2. The minimum absolute atomic E-state index is 0.214. The fourth-order valence-electron chi connectivity index (χ4n) is 2.00. The summed E-state index contributed by atoms with van der Waals surface area (Å²) in [5.41, 5.74) is -0.471. The van der Waals surface area contributed by atoms with Gasteiger partial charge in [0.25, 0.3) is 0 Å². The number of hydrogen-bond donors (Lipinski definition) is 0. The molecular formula is C13H18N2O3S. The Morgan fingerprint density at radius 1 is 1.58 bits per heavy atom. The summed E-state index contributed by atoms with van der Waals surface area (Å²) in [5, 5.41) is 0.924. The van der Waals surface area contributed by atoms with Gasteiger partial charge in [0.15, 0.2) is 6.29 Å². The molecule has 0 aliphatic carbocycles. The maximum atomic E-state index is 11.9. The van der Waals surface area contributed by atoms with E-state index in [9.17, 15) is 9.59 Å². The zero-order valence-corrected chi connectivity index (χ0v) is 12.2. The second kappa shape index (κ2) is 5.28. The van der Waals surface area contributed by atoms with E-state index in [2.05, 4.69) is 4.98 Å². The standard InChI is InChI=1S/C13H18N2O3S/c1-13(2,3)18-12(17)15-5-4-9(7-15)11-14-6-10(8-16)19-11/h6,8-9H,4-5,7H2,1-3H3. The van der Waals surface area contributed by atoms with Crippen molar-refractivity contribution in [3.8, 4) is 0 Å². The van der Waals surface area contributed by atoms with Crippen molar-refractivity contribution in [1.82, 2.24) is 9.88 Å². The van der Waals surface area contributed by atoms with E-state index in [4.69, 9.17) is 4.74 Å². The topological polar surface area (TPSA) is 59.5 Å². The van der Waals surface area contributed by atoms with Gasteiger partial charge in [-0.25, -0.2) is 9.78 Å². The van der Waals surface area contributed by atoms with Gasteiger partial charge in [0.2, 0.25) is 0 Å². The second-order valence-electron chi connectivity index (χ2n) is 5.63. The molecule has 19 heavy (non-hydrogen) atoms. The number of hydrogen-bond acceptors (Lipinski definition) is 5. The predicted octanol–water partition coefficient (Wildman–Crippen LogP) is 2.68. The number of carbonyl (C=O) groups is 2. The predicted molar refractivity (Wildman–Crippen MR) is 72.7 cm³/mol. The number of carbonyl (C=O) groups excluding carboxylic acids is 2. The van der Waals surface area contributed by atoms with Crippen molar-refractivity contribution < 1.29 is 14.3 Å². The first-order valence-corrected chi connectivity index (χ1v) is 7.09. The molecule has 1 amide bonds. The molecule has 104 valence electrons. The van der Waals surface area contributed by atoms with Crippen LogP contribution in [0.15, 0.2) is 6.20 Å². The molecule has 1 saturated heterocycles. The van der Waals surface area contributed by atoms with Crippen LogP contribution in [0.4, 0.5) is 4.79 Å². The number of aromatic nitrogens is 1. The summed E-state index contributed by atoms with van der Waals surface area (Å²) in [6, 6.07) is 0. The van der Waals surface area contributed by atoms with Crippen molar-refractivity contribution >= 4 is 23.7 Å². The largest absolute Gasteiger partial charge is 0.444 e. The minimum Gasteiger partial charge on any atom is -0.444 e. The molecule has 5 nitrogen and oxygen atoms in total. The third-order valence-electron chi connectivity index (χ3n) is 2.85. The number of likely N-dealkylation sites (tertiary alicyclic amines) is 1. The Kier molecular flexibility index (Phi) is 3.89. The van der Waals surface area contributed by atoms with E-state index in [1.54, 1.807) is 11.1 Å². The summed E-state index contributed by atoms with van der Waals surface area (Å²) < 4.78 is 5.35. The van der Waals surface area contributed by atoms with Gasteiger partial charge in [0.05, 0.1) is 9.88 Å². The number of thiazole rings is 1. The summed E-state index contributed by atoms with van der Waals surface area (Å²) in [6.07, 6.45) is 2.98. The molecule has 0 saturated carbocycles. The molecule has 0 radical (unpaired) electrons. The quantitative estimate of drug-likeness (QED) is 0.782. The van der Waals surface area contributed by atoms with E-state index in [1.165, 1.54) is 11.3 Å². The van der Waals surface area contributed by atoms with Crippen LogP contribution < -0.4 is 0 Å². The number of ether oxygens (including phenoxy) is 1. The highest BCUT2D eigenvalue weighted by Gasteiger charge is 2.31. The van der Waals surface area contributed by atoms with Crippen molar-refractivity contribution in [2.45, 2.75) is 38.7 Å². The summed E-state index contributed by atoms with van der Waals surface area (Å²) in [5.74, 6) is 0.214. The lowest BCUT2D eigenvalue weighted by molar-refractivity contribution is 0.0292. The fraction of sp³-hybridized carbons (Fsp3) is 0.615. The van der Waals surface area contributed by atoms with Crippen LogP contribution >= 0.6 is 11.3 Å². The Hall–Kier alpha value is -1.43. The summed E-state index contributed by atoms with van der Waals surface area (Å²) in [4.78, 5) is 29.2. The molecular weight excluding hydrogens is 264 g/mol. The summed E-state index contributed by atoms with van der Waals surface area (Å²) >= 11 is 1.40. The lowest BCUT2D eigenvalue weighted by Gasteiger charge is -2.24. The van der Waals surface area contributed by atoms with Crippen LogP contribution in [0.5, 0.6) is 0 Å². The van der Waals surface area contributed by atoms with Crippen LogP contribution in [0.25, 0.3) is 0 Å². The Morgan fingerprint density at radius 3 is 2.89 bits per heavy atom. The van der Waals surface area contributed by atoms with E-state index in [0.717, 1.165) is 17.7 Å². The van der Waals surface area contributed by atoms with Gasteiger partial charge in [-0.3, -0.25) is 4.79 Å². The zero-order chi connectivity index (χ0) is 14.0. The van der Waals surface area contributed by atoms with Crippen molar-refractivity contribution in [3.05, 3.63) is 16.1 Å². The van der Waals surface area contributed by atoms with Crippen LogP contribution in [0, 0.1) is 0 Å². The summed E-state index contributed by atoms with van der Waals surface area (Å²) in [7, 11) is 0. The van der Waals surface area contributed by atoms with Crippen molar-refractivity contribution in [3.63, 3.8) is 0 Å². The molecule has 1 aromatic rings. The van der Waals surface area contributed by atoms with Crippen molar-refractivity contribution in [1.29, 1.82) is 0 Å². The molecule has 2 rings (SSSR count). The van der Waals surface area contributed by atoms with Gasteiger partial charge in [0, 0.05) is 25.2 Å². The van der Waals surface area contributed by atoms with Crippen molar-refractivity contribution in [2.24, 2.45) is 0 Å². The molecule has 2 heterocycles. The normalized spacial score (nSPS) is 19.5. The fourth-order valence-corrected chi connectivity index (χ4v) is 2.86.